The largest absolute Gasteiger partial charge is 0.480 e. The summed E-state index contributed by atoms with van der Waals surface area (Å²) in [5.74, 6) is -1.17. The van der Waals surface area contributed by atoms with Gasteiger partial charge in [-0.3, -0.25) is 14.9 Å². The zero-order chi connectivity index (χ0) is 18.6. The SMILES string of the molecule is C[C@@H](Nc1ccc(S(=O)(=O)N2CCCCCC2)cc1[N+](=O)[O-])C(=O)O. The topological polar surface area (TPSA) is 130 Å². The number of benzene rings is 1. The van der Waals surface area contributed by atoms with Gasteiger partial charge in [0.05, 0.1) is 9.82 Å². The Hall–Kier alpha value is -2.20. The van der Waals surface area contributed by atoms with E-state index in [1.165, 1.54) is 23.4 Å². The molecule has 2 rings (SSSR count). The maximum Gasteiger partial charge on any atom is 0.325 e. The van der Waals surface area contributed by atoms with E-state index < -0.39 is 32.6 Å². The maximum atomic E-state index is 12.7. The lowest BCUT2D eigenvalue weighted by Crippen LogP contribution is -2.32. The van der Waals surface area contributed by atoms with Crippen LogP contribution in [-0.4, -0.2) is 47.9 Å². The fraction of sp³-hybridized carbons (Fsp3) is 0.533. The van der Waals surface area contributed by atoms with Gasteiger partial charge in [0.1, 0.15) is 11.7 Å². The molecule has 0 saturated carbocycles. The lowest BCUT2D eigenvalue weighted by atomic mass is 10.2. The Morgan fingerprint density at radius 2 is 1.88 bits per heavy atom. The van der Waals surface area contributed by atoms with E-state index in [1.807, 2.05) is 0 Å². The fourth-order valence-corrected chi connectivity index (χ4v) is 4.21. The van der Waals surface area contributed by atoms with Crippen molar-refractivity contribution in [1.82, 2.24) is 4.31 Å². The number of aliphatic carboxylic acids is 1. The van der Waals surface area contributed by atoms with Crippen molar-refractivity contribution in [2.24, 2.45) is 0 Å². The van der Waals surface area contributed by atoms with Crippen LogP contribution in [-0.2, 0) is 14.8 Å². The highest BCUT2D eigenvalue weighted by Crippen LogP contribution is 2.30. The Kier molecular flexibility index (Phi) is 5.96. The minimum atomic E-state index is -3.82. The lowest BCUT2D eigenvalue weighted by Gasteiger charge is -2.20. The van der Waals surface area contributed by atoms with Crippen molar-refractivity contribution >= 4 is 27.4 Å². The molecule has 0 radical (unpaired) electrons. The smallest absolute Gasteiger partial charge is 0.325 e. The molecule has 138 valence electrons. The standard InChI is InChI=1S/C15H21N3O6S/c1-11(15(19)20)16-13-7-6-12(10-14(13)18(21)22)25(23,24)17-8-4-2-3-5-9-17/h6-7,10-11,16H,2-5,8-9H2,1H3,(H,19,20)/t11-/m1/s1. The van der Waals surface area contributed by atoms with Crippen molar-refractivity contribution in [1.29, 1.82) is 0 Å². The average molecular weight is 371 g/mol. The summed E-state index contributed by atoms with van der Waals surface area (Å²) >= 11 is 0. The van der Waals surface area contributed by atoms with E-state index in [-0.39, 0.29) is 10.6 Å². The summed E-state index contributed by atoms with van der Waals surface area (Å²) in [6.45, 7) is 2.13. The first kappa shape index (κ1) is 19.1. The van der Waals surface area contributed by atoms with Crippen molar-refractivity contribution in [2.75, 3.05) is 18.4 Å². The molecule has 25 heavy (non-hydrogen) atoms. The lowest BCUT2D eigenvalue weighted by molar-refractivity contribution is -0.384. The van der Waals surface area contributed by atoms with E-state index in [1.54, 1.807) is 0 Å². The minimum absolute atomic E-state index is 0.0327. The quantitative estimate of drug-likeness (QED) is 0.578. The van der Waals surface area contributed by atoms with Crippen LogP contribution in [0.25, 0.3) is 0 Å². The first-order valence-electron chi connectivity index (χ1n) is 8.01. The Bertz CT molecular complexity index is 757. The number of anilines is 1. The van der Waals surface area contributed by atoms with Crippen LogP contribution >= 0.6 is 0 Å². The molecule has 1 aromatic rings. The predicted octanol–water partition coefficient (Wildman–Crippen LogP) is 2.04. The number of nitrogens with one attached hydrogen (secondary N) is 1. The highest BCUT2D eigenvalue weighted by molar-refractivity contribution is 7.89. The van der Waals surface area contributed by atoms with Gasteiger partial charge in [0.2, 0.25) is 10.0 Å². The summed E-state index contributed by atoms with van der Waals surface area (Å²) in [6, 6.07) is 2.44. The number of sulfonamides is 1. The molecule has 2 N–H and O–H groups in total. The number of hydrogen-bond acceptors (Lipinski definition) is 6. The molecule has 0 bridgehead atoms. The normalized spacial score (nSPS) is 17.5. The molecule has 0 amide bonds. The number of nitro groups is 1. The van der Waals surface area contributed by atoms with Crippen molar-refractivity contribution in [2.45, 2.75) is 43.5 Å². The Morgan fingerprint density at radius 3 is 2.40 bits per heavy atom. The van der Waals surface area contributed by atoms with Gasteiger partial charge in [-0.05, 0) is 31.9 Å². The third-order valence-corrected chi connectivity index (χ3v) is 6.01. The summed E-state index contributed by atoms with van der Waals surface area (Å²) in [4.78, 5) is 21.3. The number of rotatable bonds is 6. The number of nitro benzene ring substituents is 1. The van der Waals surface area contributed by atoms with E-state index in [9.17, 15) is 23.3 Å². The van der Waals surface area contributed by atoms with Gasteiger partial charge >= 0.3 is 5.97 Å². The maximum absolute atomic E-state index is 12.7. The highest BCUT2D eigenvalue weighted by atomic mass is 32.2. The zero-order valence-corrected chi connectivity index (χ0v) is 14.7. The monoisotopic (exact) mass is 371 g/mol. The predicted molar refractivity (Wildman–Crippen MR) is 91.0 cm³/mol. The van der Waals surface area contributed by atoms with Crippen LogP contribution in [0.2, 0.25) is 0 Å². The number of carboxylic acids is 1. The molecule has 1 saturated heterocycles. The molecule has 1 aromatic carbocycles. The average Bonchev–Trinajstić information content (AvgIpc) is 2.84. The highest BCUT2D eigenvalue weighted by Gasteiger charge is 2.28. The van der Waals surface area contributed by atoms with Crippen molar-refractivity contribution in [3.8, 4) is 0 Å². The molecular weight excluding hydrogens is 350 g/mol. The van der Waals surface area contributed by atoms with Crippen LogP contribution in [0.4, 0.5) is 11.4 Å². The number of nitrogens with zero attached hydrogens (tertiary/aromatic N) is 2. The third-order valence-electron chi connectivity index (χ3n) is 4.11. The van der Waals surface area contributed by atoms with E-state index in [0.29, 0.717) is 13.1 Å². The minimum Gasteiger partial charge on any atom is -0.480 e. The molecule has 1 heterocycles. The van der Waals surface area contributed by atoms with Crippen LogP contribution in [0, 0.1) is 10.1 Å². The van der Waals surface area contributed by atoms with E-state index >= 15 is 0 Å². The second-order valence-electron chi connectivity index (χ2n) is 5.96. The van der Waals surface area contributed by atoms with E-state index in [4.69, 9.17) is 5.11 Å². The molecular formula is C15H21N3O6S. The molecule has 1 aliphatic rings. The number of carbonyl (C=O) groups is 1. The summed E-state index contributed by atoms with van der Waals surface area (Å²) in [6.07, 6.45) is 3.44. The van der Waals surface area contributed by atoms with E-state index in [0.717, 1.165) is 31.7 Å². The summed E-state index contributed by atoms with van der Waals surface area (Å²) in [7, 11) is -3.82. The van der Waals surface area contributed by atoms with Gasteiger partial charge in [0.25, 0.3) is 5.69 Å². The van der Waals surface area contributed by atoms with Crippen molar-refractivity contribution < 1.29 is 23.2 Å². The second-order valence-corrected chi connectivity index (χ2v) is 7.90. The van der Waals surface area contributed by atoms with Gasteiger partial charge in [0.15, 0.2) is 0 Å². The van der Waals surface area contributed by atoms with Gasteiger partial charge in [0, 0.05) is 19.2 Å². The fourth-order valence-electron chi connectivity index (χ4n) is 2.67. The molecule has 9 nitrogen and oxygen atoms in total. The summed E-state index contributed by atoms with van der Waals surface area (Å²) in [5.41, 5.74) is -0.501. The van der Waals surface area contributed by atoms with Gasteiger partial charge in [-0.1, -0.05) is 12.8 Å². The zero-order valence-electron chi connectivity index (χ0n) is 13.8. The van der Waals surface area contributed by atoms with Crippen molar-refractivity contribution in [3.63, 3.8) is 0 Å². The number of hydrogen-bond donors (Lipinski definition) is 2. The molecule has 1 aliphatic heterocycles. The molecule has 0 unspecified atom stereocenters. The van der Waals surface area contributed by atoms with Crippen LogP contribution in [0.1, 0.15) is 32.6 Å². The first-order valence-corrected chi connectivity index (χ1v) is 9.45. The van der Waals surface area contributed by atoms with Gasteiger partial charge < -0.3 is 10.4 Å². The van der Waals surface area contributed by atoms with Crippen LogP contribution < -0.4 is 5.32 Å². The summed E-state index contributed by atoms with van der Waals surface area (Å²) < 4.78 is 26.8. The van der Waals surface area contributed by atoms with Crippen molar-refractivity contribution in [3.05, 3.63) is 28.3 Å². The first-order chi connectivity index (χ1) is 11.7. The Morgan fingerprint density at radius 1 is 1.28 bits per heavy atom. The second kappa shape index (κ2) is 7.79. The van der Waals surface area contributed by atoms with Gasteiger partial charge in [-0.15, -0.1) is 0 Å². The van der Waals surface area contributed by atoms with Crippen LogP contribution in [0.5, 0.6) is 0 Å². The van der Waals surface area contributed by atoms with E-state index in [2.05, 4.69) is 5.32 Å². The Balaban J connectivity index is 2.37. The molecule has 1 fully saturated rings. The molecule has 1 atom stereocenters. The molecule has 0 aromatic heterocycles. The summed E-state index contributed by atoms with van der Waals surface area (Å²) in [5, 5.41) is 22.7. The third kappa shape index (κ3) is 4.45. The Labute approximate surface area is 145 Å². The van der Waals surface area contributed by atoms with Gasteiger partial charge in [-0.25, -0.2) is 8.42 Å². The van der Waals surface area contributed by atoms with Crippen LogP contribution in [0.3, 0.4) is 0 Å². The number of carboxylic acid groups (broad SMARTS) is 1. The van der Waals surface area contributed by atoms with Crippen LogP contribution in [0.15, 0.2) is 23.1 Å². The molecule has 10 heteroatoms. The molecule has 0 aliphatic carbocycles. The molecule has 0 spiro atoms. The van der Waals surface area contributed by atoms with Gasteiger partial charge in [-0.2, -0.15) is 4.31 Å².